The molecule has 0 aromatic heterocycles. The summed E-state index contributed by atoms with van der Waals surface area (Å²) in [5.41, 5.74) is 0. The lowest BCUT2D eigenvalue weighted by Crippen LogP contribution is -2.41. The first-order chi connectivity index (χ1) is 6.41. The fourth-order valence-corrected chi connectivity index (χ4v) is 2.89. The van der Waals surface area contributed by atoms with Gasteiger partial charge in [0.25, 0.3) is 0 Å². The van der Waals surface area contributed by atoms with Crippen LogP contribution < -0.4 is 0 Å². The Morgan fingerprint density at radius 1 is 1.50 bits per heavy atom. The van der Waals surface area contributed by atoms with E-state index in [2.05, 4.69) is 19.9 Å². The maximum Gasteiger partial charge on any atom is 0.211 e. The van der Waals surface area contributed by atoms with E-state index in [0.717, 1.165) is 12.8 Å². The first kappa shape index (κ1) is 11.7. The predicted octanol–water partition coefficient (Wildman–Crippen LogP) is 1.62. The minimum absolute atomic E-state index is 0.0683. The summed E-state index contributed by atoms with van der Waals surface area (Å²) in [5.74, 6) is 0.520. The van der Waals surface area contributed by atoms with E-state index >= 15 is 0 Å². The smallest absolute Gasteiger partial charge is 0.211 e. The third kappa shape index (κ3) is 3.10. The predicted molar refractivity (Wildman–Crippen MR) is 58.5 cm³/mol. The zero-order chi connectivity index (χ0) is 10.8. The van der Waals surface area contributed by atoms with E-state index in [1.165, 1.54) is 6.26 Å². The van der Waals surface area contributed by atoms with Gasteiger partial charge < -0.3 is 0 Å². The Morgan fingerprint density at radius 3 is 2.64 bits per heavy atom. The van der Waals surface area contributed by atoms with Crippen LogP contribution in [-0.4, -0.2) is 31.6 Å². The van der Waals surface area contributed by atoms with Crippen LogP contribution in [0.2, 0.25) is 0 Å². The molecule has 0 radical (unpaired) electrons. The van der Waals surface area contributed by atoms with Crippen molar-refractivity contribution in [2.45, 2.75) is 32.7 Å². The molecule has 0 unspecified atom stereocenters. The monoisotopic (exact) mass is 217 g/mol. The molecule has 1 rings (SSSR count). The van der Waals surface area contributed by atoms with Gasteiger partial charge in [0, 0.05) is 12.6 Å². The van der Waals surface area contributed by atoms with E-state index in [9.17, 15) is 8.42 Å². The van der Waals surface area contributed by atoms with Gasteiger partial charge in [-0.1, -0.05) is 26.0 Å². The highest BCUT2D eigenvalue weighted by atomic mass is 32.2. The molecular formula is C10H19NO2S. The molecule has 0 bridgehead atoms. The van der Waals surface area contributed by atoms with E-state index in [0.29, 0.717) is 12.5 Å². The summed E-state index contributed by atoms with van der Waals surface area (Å²) in [5, 5.41) is 0. The van der Waals surface area contributed by atoms with Crippen molar-refractivity contribution in [1.29, 1.82) is 0 Å². The molecule has 1 heterocycles. The van der Waals surface area contributed by atoms with Gasteiger partial charge in [-0.2, -0.15) is 4.31 Å². The highest BCUT2D eigenvalue weighted by Gasteiger charge is 2.26. The van der Waals surface area contributed by atoms with Crippen molar-refractivity contribution >= 4 is 10.0 Å². The number of rotatable bonds is 3. The van der Waals surface area contributed by atoms with Crippen LogP contribution in [0, 0.1) is 5.92 Å². The van der Waals surface area contributed by atoms with Crippen LogP contribution in [0.1, 0.15) is 26.7 Å². The van der Waals surface area contributed by atoms with E-state index in [1.54, 1.807) is 4.31 Å². The summed E-state index contributed by atoms with van der Waals surface area (Å²) in [6.45, 7) is 4.86. The Hall–Kier alpha value is -0.350. The molecule has 1 aliphatic rings. The minimum Gasteiger partial charge on any atom is -0.212 e. The van der Waals surface area contributed by atoms with E-state index in [-0.39, 0.29) is 6.04 Å². The van der Waals surface area contributed by atoms with E-state index in [4.69, 9.17) is 0 Å². The SMILES string of the molecule is CC(C)C[C@H]1C=CCCN1S(C)(=O)=O. The molecule has 0 N–H and O–H groups in total. The van der Waals surface area contributed by atoms with Gasteiger partial charge in [-0.25, -0.2) is 8.42 Å². The second-order valence-electron chi connectivity index (χ2n) is 4.29. The lowest BCUT2D eigenvalue weighted by atomic mass is 10.0. The second kappa shape index (κ2) is 4.45. The quantitative estimate of drug-likeness (QED) is 0.674. The van der Waals surface area contributed by atoms with Crippen molar-refractivity contribution in [1.82, 2.24) is 4.31 Å². The lowest BCUT2D eigenvalue weighted by Gasteiger charge is -2.31. The van der Waals surface area contributed by atoms with Gasteiger partial charge in [-0.15, -0.1) is 0 Å². The third-order valence-electron chi connectivity index (χ3n) is 2.38. The molecular weight excluding hydrogens is 198 g/mol. The Labute approximate surface area is 86.8 Å². The van der Waals surface area contributed by atoms with Gasteiger partial charge in [0.15, 0.2) is 0 Å². The Kier molecular flexibility index (Phi) is 3.72. The first-order valence-electron chi connectivity index (χ1n) is 5.04. The standard InChI is InChI=1S/C10H19NO2S/c1-9(2)8-10-6-4-5-7-11(10)14(3,12)13/h4,6,9-10H,5,7-8H2,1-3H3/t10-/m1/s1. The van der Waals surface area contributed by atoms with Crippen molar-refractivity contribution in [3.8, 4) is 0 Å². The summed E-state index contributed by atoms with van der Waals surface area (Å²) in [4.78, 5) is 0. The number of hydrogen-bond donors (Lipinski definition) is 0. The Balaban J connectivity index is 2.78. The van der Waals surface area contributed by atoms with Gasteiger partial charge in [-0.05, 0) is 18.8 Å². The van der Waals surface area contributed by atoms with Gasteiger partial charge in [0.05, 0.1) is 6.26 Å². The minimum atomic E-state index is -3.04. The van der Waals surface area contributed by atoms with Crippen molar-refractivity contribution < 1.29 is 8.42 Å². The molecule has 0 saturated heterocycles. The first-order valence-corrected chi connectivity index (χ1v) is 6.89. The molecule has 14 heavy (non-hydrogen) atoms. The van der Waals surface area contributed by atoms with Crippen LogP contribution in [0.4, 0.5) is 0 Å². The molecule has 0 fully saturated rings. The van der Waals surface area contributed by atoms with Crippen LogP contribution in [-0.2, 0) is 10.0 Å². The molecule has 0 spiro atoms. The summed E-state index contributed by atoms with van der Waals surface area (Å²) >= 11 is 0. The number of hydrogen-bond acceptors (Lipinski definition) is 2. The topological polar surface area (TPSA) is 37.4 Å². The molecule has 1 aliphatic heterocycles. The second-order valence-corrected chi connectivity index (χ2v) is 6.22. The van der Waals surface area contributed by atoms with Gasteiger partial charge in [0.1, 0.15) is 0 Å². The normalized spacial score (nSPS) is 24.4. The molecule has 0 saturated carbocycles. The molecule has 0 amide bonds. The maximum absolute atomic E-state index is 11.5. The molecule has 82 valence electrons. The summed E-state index contributed by atoms with van der Waals surface area (Å²) < 4.78 is 24.5. The maximum atomic E-state index is 11.5. The van der Waals surface area contributed by atoms with Crippen LogP contribution in [0.15, 0.2) is 12.2 Å². The molecule has 4 heteroatoms. The molecule has 0 aliphatic carbocycles. The molecule has 0 aromatic carbocycles. The van der Waals surface area contributed by atoms with Gasteiger partial charge in [-0.3, -0.25) is 0 Å². The average Bonchev–Trinajstić information content (AvgIpc) is 2.01. The third-order valence-corrected chi connectivity index (χ3v) is 3.69. The van der Waals surface area contributed by atoms with Crippen LogP contribution in [0.5, 0.6) is 0 Å². The highest BCUT2D eigenvalue weighted by molar-refractivity contribution is 7.88. The van der Waals surface area contributed by atoms with Crippen LogP contribution >= 0.6 is 0 Å². The Bertz CT molecular complexity index is 306. The van der Waals surface area contributed by atoms with Gasteiger partial charge >= 0.3 is 0 Å². The summed E-state index contributed by atoms with van der Waals surface area (Å²) in [6.07, 6.45) is 7.13. The summed E-state index contributed by atoms with van der Waals surface area (Å²) in [7, 11) is -3.04. The Morgan fingerprint density at radius 2 is 2.14 bits per heavy atom. The van der Waals surface area contributed by atoms with Crippen molar-refractivity contribution in [3.63, 3.8) is 0 Å². The van der Waals surface area contributed by atoms with Crippen LogP contribution in [0.3, 0.4) is 0 Å². The van der Waals surface area contributed by atoms with Crippen molar-refractivity contribution in [3.05, 3.63) is 12.2 Å². The van der Waals surface area contributed by atoms with Crippen LogP contribution in [0.25, 0.3) is 0 Å². The number of sulfonamides is 1. The van der Waals surface area contributed by atoms with E-state index in [1.807, 2.05) is 6.08 Å². The summed E-state index contributed by atoms with van der Waals surface area (Å²) in [6, 6.07) is 0.0683. The number of nitrogens with zero attached hydrogens (tertiary/aromatic N) is 1. The van der Waals surface area contributed by atoms with E-state index < -0.39 is 10.0 Å². The zero-order valence-corrected chi connectivity index (χ0v) is 9.92. The molecule has 1 atom stereocenters. The fraction of sp³-hybridized carbons (Fsp3) is 0.800. The van der Waals surface area contributed by atoms with Gasteiger partial charge in [0.2, 0.25) is 10.0 Å². The van der Waals surface area contributed by atoms with Crippen molar-refractivity contribution in [2.24, 2.45) is 5.92 Å². The van der Waals surface area contributed by atoms with Crippen molar-refractivity contribution in [2.75, 3.05) is 12.8 Å². The fourth-order valence-electron chi connectivity index (χ4n) is 1.81. The highest BCUT2D eigenvalue weighted by Crippen LogP contribution is 2.19. The largest absolute Gasteiger partial charge is 0.212 e. The lowest BCUT2D eigenvalue weighted by molar-refractivity contribution is 0.317. The molecule has 3 nitrogen and oxygen atoms in total. The average molecular weight is 217 g/mol. The zero-order valence-electron chi connectivity index (χ0n) is 9.10. The molecule has 0 aromatic rings.